The van der Waals surface area contributed by atoms with Crippen LogP contribution in [0.5, 0.6) is 0 Å². The zero-order valence-corrected chi connectivity index (χ0v) is 37.7. The molecule has 0 aromatic carbocycles. The van der Waals surface area contributed by atoms with Crippen LogP contribution in [0.25, 0.3) is 0 Å². The van der Waals surface area contributed by atoms with Crippen LogP contribution in [-0.2, 0) is 61.2 Å². The number of carboxylic acids is 2. The molecule has 0 aliphatic carbocycles. The number of rotatable bonds is 20. The van der Waals surface area contributed by atoms with Crippen LogP contribution in [0.1, 0.15) is 11.4 Å². The molecule has 6 amide bonds. The molecule has 2 aromatic heterocycles. The summed E-state index contributed by atoms with van der Waals surface area (Å²) in [5, 5.41) is 45.3. The second kappa shape index (κ2) is 27.0. The molecule has 0 radical (unpaired) electrons. The number of carbonyl (C=O) groups is 8. The van der Waals surface area contributed by atoms with Crippen molar-refractivity contribution in [1.82, 2.24) is 31.2 Å². The van der Waals surface area contributed by atoms with E-state index in [4.69, 9.17) is 32.9 Å². The van der Waals surface area contributed by atoms with Crippen LogP contribution in [0.2, 0.25) is 0 Å². The van der Waals surface area contributed by atoms with Crippen molar-refractivity contribution in [3.05, 3.63) is 22.1 Å². The Labute approximate surface area is 386 Å². The van der Waals surface area contributed by atoms with Crippen LogP contribution >= 0.6 is 69.4 Å². The van der Waals surface area contributed by atoms with Crippen molar-refractivity contribution in [3.63, 3.8) is 0 Å². The molecule has 2 aliphatic rings. The molecule has 0 unspecified atom stereocenters. The fourth-order valence-electron chi connectivity index (χ4n) is 3.51. The topological polar surface area (TPSA) is 324 Å². The maximum absolute atomic E-state index is 11.7. The Hall–Kier alpha value is -2.76. The Morgan fingerprint density at radius 2 is 1.12 bits per heavy atom. The molecule has 2 fully saturated rings. The van der Waals surface area contributed by atoms with Gasteiger partial charge in [0.1, 0.15) is 47.0 Å². The van der Waals surface area contributed by atoms with E-state index in [0.29, 0.717) is 21.7 Å². The maximum Gasteiger partial charge on any atom is 1.00 e. The van der Waals surface area contributed by atoms with E-state index in [-0.39, 0.29) is 107 Å². The number of hydrogen-bond acceptors (Lipinski definition) is 20. The van der Waals surface area contributed by atoms with E-state index in [1.807, 2.05) is 0 Å². The molecule has 2 aliphatic heterocycles. The molecule has 22 nitrogen and oxygen atoms in total. The molecule has 2 aromatic rings. The van der Waals surface area contributed by atoms with Gasteiger partial charge in [-0.05, 0) is 0 Å². The molecule has 4 heterocycles. The van der Waals surface area contributed by atoms with Gasteiger partial charge in [0.15, 0.2) is 23.5 Å². The number of hydrogen-bond donors (Lipinski definition) is 6. The Balaban J connectivity index is 0.000000541. The number of β-lactam (4-membered cyclic amide) rings is 2. The first kappa shape index (κ1) is 51.3. The van der Waals surface area contributed by atoms with Gasteiger partial charge >= 0.3 is 59.1 Å². The summed E-state index contributed by atoms with van der Waals surface area (Å²) in [6.07, 6.45) is 1.68. The van der Waals surface area contributed by atoms with Crippen LogP contribution in [0.4, 0.5) is 10.3 Å². The van der Waals surface area contributed by atoms with E-state index in [1.54, 1.807) is 10.8 Å². The average molecular weight is 916 g/mol. The number of carbonyl (C=O) groups excluding carboxylic acids is 8. The molecule has 0 saturated carbocycles. The number of anilines is 2. The third-order valence-corrected chi connectivity index (χ3v) is 10.3. The Kier molecular flexibility index (Phi) is 24.7. The van der Waals surface area contributed by atoms with Crippen LogP contribution in [0.15, 0.2) is 21.1 Å². The number of aliphatic carboxylic acids is 2. The fourth-order valence-corrected chi connectivity index (χ4v) is 6.86. The Morgan fingerprint density at radius 1 is 0.750 bits per heavy atom. The van der Waals surface area contributed by atoms with Gasteiger partial charge in [0.25, 0.3) is 11.8 Å². The summed E-state index contributed by atoms with van der Waals surface area (Å²) in [5.74, 6) is -6.51. The first-order valence-corrected chi connectivity index (χ1v) is 19.5. The smallest absolute Gasteiger partial charge is 0.549 e. The number of nitrogens with one attached hydrogen (secondary N) is 6. The molecule has 6 N–H and O–H groups in total. The molecular weight excluding hydrogens is 889 g/mol. The van der Waals surface area contributed by atoms with E-state index < -0.39 is 58.4 Å². The fraction of sp³-hybridized carbons (Fsp3) is 0.385. The summed E-state index contributed by atoms with van der Waals surface area (Å²) in [6.45, 7) is -0.0734. The second-order valence-electron chi connectivity index (χ2n) is 9.86. The SMILES string of the molecule is O=C([O-])CS[C@H]1NC(=O)[C@H]1NC(=O)C=NOCc1csc(NC(=O)CCl)n1.O=C([O-])CS[C@H]1NC(=O)[C@H]1NC(=O)C=NOCc1csc(NC(=O)CCl)n1.[Na+].[Na+]. The maximum atomic E-state index is 11.7. The molecule has 0 spiro atoms. The summed E-state index contributed by atoms with van der Waals surface area (Å²) in [4.78, 5) is 107. The number of halogens is 2. The molecule has 292 valence electrons. The monoisotopic (exact) mass is 914 g/mol. The van der Waals surface area contributed by atoms with E-state index >= 15 is 0 Å². The van der Waals surface area contributed by atoms with Crippen molar-refractivity contribution >= 4 is 139 Å². The van der Waals surface area contributed by atoms with Gasteiger partial charge in [0.2, 0.25) is 23.6 Å². The molecule has 4 atom stereocenters. The van der Waals surface area contributed by atoms with Gasteiger partial charge in [-0.15, -0.1) is 69.4 Å². The van der Waals surface area contributed by atoms with Crippen molar-refractivity contribution in [1.29, 1.82) is 0 Å². The standard InChI is InChI=1S/2C13H14ClN5O6S2.2Na/c2*14-1-7(20)18-13-16-6(4-27-13)3-25-15-2-8(21)17-10-11(24)19-12(10)26-5-9(22)23;;/h2*2,4,10,12H,1,3,5H2,(H,17,21)(H,19,24)(H,22,23)(H,16,18,20);;/q;;2*+1/p-2/t2*10-,12-;;/m11../s1. The van der Waals surface area contributed by atoms with Crippen LogP contribution in [-0.4, -0.2) is 116 Å². The van der Waals surface area contributed by atoms with Gasteiger partial charge in [-0.2, -0.15) is 0 Å². The Bertz CT molecular complexity index is 1650. The molecule has 4 rings (SSSR count). The van der Waals surface area contributed by atoms with Gasteiger partial charge in [-0.1, -0.05) is 10.3 Å². The van der Waals surface area contributed by atoms with Crippen LogP contribution in [0, 0.1) is 0 Å². The minimum Gasteiger partial charge on any atom is -0.549 e. The average Bonchev–Trinajstić information content (AvgIpc) is 3.78. The summed E-state index contributed by atoms with van der Waals surface area (Å²) in [6, 6.07) is -1.72. The van der Waals surface area contributed by atoms with Gasteiger partial charge in [-0.3, -0.25) is 28.8 Å². The van der Waals surface area contributed by atoms with E-state index in [2.05, 4.69) is 52.2 Å². The van der Waals surface area contributed by atoms with Crippen molar-refractivity contribution in [3.8, 4) is 0 Å². The molecule has 2 saturated heterocycles. The Morgan fingerprint density at radius 3 is 1.45 bits per heavy atom. The third kappa shape index (κ3) is 18.7. The van der Waals surface area contributed by atoms with Gasteiger partial charge in [-0.25, -0.2) is 9.97 Å². The minimum atomic E-state index is -1.27. The van der Waals surface area contributed by atoms with Crippen LogP contribution < -0.4 is 101 Å². The van der Waals surface area contributed by atoms with Gasteiger partial charge < -0.3 is 61.4 Å². The minimum absolute atomic E-state index is 0. The predicted octanol–water partition coefficient (Wildman–Crippen LogP) is -9.50. The number of aromatic nitrogens is 2. The summed E-state index contributed by atoms with van der Waals surface area (Å²) in [7, 11) is 0. The summed E-state index contributed by atoms with van der Waals surface area (Å²) < 4.78 is 0. The summed E-state index contributed by atoms with van der Waals surface area (Å²) in [5.41, 5.74) is 0.971. The largest absolute Gasteiger partial charge is 1.00 e. The number of carboxylic acid groups (broad SMARTS) is 2. The number of amides is 6. The zero-order chi connectivity index (χ0) is 39.6. The molecular formula is C26H26Cl2N10Na2O12S4. The van der Waals surface area contributed by atoms with E-state index in [0.717, 1.165) is 36.0 Å². The van der Waals surface area contributed by atoms with E-state index in [1.165, 1.54) is 22.7 Å². The van der Waals surface area contributed by atoms with Crippen molar-refractivity contribution in [2.75, 3.05) is 33.9 Å². The number of alkyl halides is 2. The number of thioether (sulfide) groups is 2. The molecule has 30 heteroatoms. The van der Waals surface area contributed by atoms with Crippen molar-refractivity contribution < 1.29 is 117 Å². The summed E-state index contributed by atoms with van der Waals surface area (Å²) >= 11 is 15.0. The first-order valence-electron chi connectivity index (χ1n) is 14.5. The third-order valence-electron chi connectivity index (χ3n) is 5.85. The van der Waals surface area contributed by atoms with Crippen LogP contribution in [0.3, 0.4) is 0 Å². The number of thiazole rings is 2. The predicted molar refractivity (Wildman–Crippen MR) is 192 cm³/mol. The first-order chi connectivity index (χ1) is 25.8. The number of oxime groups is 2. The van der Waals surface area contributed by atoms with Gasteiger partial charge in [0, 0.05) is 22.3 Å². The second-order valence-corrected chi connectivity index (χ2v) is 14.4. The quantitative estimate of drug-likeness (QED) is 0.0236. The van der Waals surface area contributed by atoms with E-state index in [9.17, 15) is 48.6 Å². The number of nitrogens with zero attached hydrogens (tertiary/aromatic N) is 4. The van der Waals surface area contributed by atoms with Crippen molar-refractivity contribution in [2.45, 2.75) is 36.0 Å². The zero-order valence-electron chi connectivity index (χ0n) is 28.9. The molecule has 56 heavy (non-hydrogen) atoms. The van der Waals surface area contributed by atoms with Crippen molar-refractivity contribution in [2.24, 2.45) is 10.3 Å². The molecule has 0 bridgehead atoms. The van der Waals surface area contributed by atoms with Gasteiger partial charge in [0.05, 0.1) is 23.3 Å². The normalized spacial score (nSPS) is 17.8.